The summed E-state index contributed by atoms with van der Waals surface area (Å²) in [6, 6.07) is 0.245. The summed E-state index contributed by atoms with van der Waals surface area (Å²) >= 11 is 0. The van der Waals surface area contributed by atoms with E-state index in [1.165, 1.54) is 0 Å². The maximum atomic E-state index is 12.3. The number of aliphatic hydroxyl groups excluding tert-OH is 1. The molecule has 4 heteroatoms. The first kappa shape index (κ1) is 12.8. The van der Waals surface area contributed by atoms with Crippen LogP contribution in [-0.2, 0) is 4.79 Å². The normalized spacial score (nSPS) is 32.4. The number of carbonyl (C=O) groups is 1. The zero-order valence-electron chi connectivity index (χ0n) is 10.5. The zero-order valence-corrected chi connectivity index (χ0v) is 10.5. The second kappa shape index (κ2) is 5.36. The van der Waals surface area contributed by atoms with Gasteiger partial charge < -0.3 is 16.2 Å². The smallest absolute Gasteiger partial charge is 0.227 e. The second-order valence-electron chi connectivity index (χ2n) is 5.67. The first-order valence-corrected chi connectivity index (χ1v) is 6.85. The van der Waals surface area contributed by atoms with Crippen molar-refractivity contribution in [2.75, 3.05) is 6.54 Å². The molecule has 4 N–H and O–H groups in total. The molecule has 98 valence electrons. The summed E-state index contributed by atoms with van der Waals surface area (Å²) < 4.78 is 0. The Morgan fingerprint density at radius 3 is 2.35 bits per heavy atom. The lowest BCUT2D eigenvalue weighted by Gasteiger charge is -2.31. The van der Waals surface area contributed by atoms with Crippen molar-refractivity contribution in [3.8, 4) is 0 Å². The molecule has 0 radical (unpaired) electrons. The van der Waals surface area contributed by atoms with Crippen molar-refractivity contribution in [2.24, 2.45) is 11.1 Å². The average Bonchev–Trinajstić information content (AvgIpc) is 2.82. The molecular weight excluding hydrogens is 216 g/mol. The van der Waals surface area contributed by atoms with Gasteiger partial charge in [-0.3, -0.25) is 4.79 Å². The fourth-order valence-corrected chi connectivity index (χ4v) is 3.13. The van der Waals surface area contributed by atoms with Crippen molar-refractivity contribution in [2.45, 2.75) is 63.5 Å². The van der Waals surface area contributed by atoms with E-state index >= 15 is 0 Å². The van der Waals surface area contributed by atoms with Gasteiger partial charge in [0.25, 0.3) is 0 Å². The topological polar surface area (TPSA) is 75.4 Å². The van der Waals surface area contributed by atoms with E-state index < -0.39 is 0 Å². The molecule has 0 aromatic rings. The zero-order chi connectivity index (χ0) is 12.3. The highest BCUT2D eigenvalue weighted by atomic mass is 16.3. The molecule has 1 amide bonds. The van der Waals surface area contributed by atoms with Crippen LogP contribution in [0.3, 0.4) is 0 Å². The minimum atomic E-state index is -0.296. The maximum absolute atomic E-state index is 12.3. The molecule has 2 saturated carbocycles. The lowest BCUT2D eigenvalue weighted by molar-refractivity contribution is -0.131. The molecule has 0 aromatic heterocycles. The predicted molar refractivity (Wildman–Crippen MR) is 66.4 cm³/mol. The van der Waals surface area contributed by atoms with Crippen LogP contribution in [0.2, 0.25) is 0 Å². The maximum Gasteiger partial charge on any atom is 0.227 e. The third kappa shape index (κ3) is 2.80. The molecule has 0 aromatic carbocycles. The Labute approximate surface area is 103 Å². The molecule has 2 aliphatic carbocycles. The standard InChI is InChI=1S/C13H24N2O2/c14-9-13(7-1-2-8-13)12(17)15-10-3-5-11(16)6-4-10/h10-11,16H,1-9,14H2,(H,15,17). The van der Waals surface area contributed by atoms with Crippen molar-refractivity contribution in [3.05, 3.63) is 0 Å². The summed E-state index contributed by atoms with van der Waals surface area (Å²) in [4.78, 5) is 12.3. The fraction of sp³-hybridized carbons (Fsp3) is 0.923. The van der Waals surface area contributed by atoms with Gasteiger partial charge in [-0.05, 0) is 38.5 Å². The third-order valence-corrected chi connectivity index (χ3v) is 4.46. The van der Waals surface area contributed by atoms with Crippen molar-refractivity contribution < 1.29 is 9.90 Å². The molecule has 0 unspecified atom stereocenters. The number of nitrogens with two attached hydrogens (primary N) is 1. The molecule has 2 fully saturated rings. The Morgan fingerprint density at radius 2 is 1.82 bits per heavy atom. The number of aliphatic hydroxyl groups is 1. The van der Waals surface area contributed by atoms with Gasteiger partial charge in [0.15, 0.2) is 0 Å². The molecule has 0 heterocycles. The quantitative estimate of drug-likeness (QED) is 0.687. The van der Waals surface area contributed by atoms with E-state index in [1.54, 1.807) is 0 Å². The summed E-state index contributed by atoms with van der Waals surface area (Å²) in [6.45, 7) is 0.466. The van der Waals surface area contributed by atoms with Gasteiger partial charge >= 0.3 is 0 Å². The van der Waals surface area contributed by atoms with Gasteiger partial charge in [-0.15, -0.1) is 0 Å². The molecule has 0 bridgehead atoms. The first-order valence-electron chi connectivity index (χ1n) is 6.85. The lowest BCUT2D eigenvalue weighted by atomic mass is 9.84. The van der Waals surface area contributed by atoms with E-state index in [2.05, 4.69) is 5.32 Å². The van der Waals surface area contributed by atoms with Crippen LogP contribution in [0, 0.1) is 5.41 Å². The minimum absolute atomic E-state index is 0.152. The summed E-state index contributed by atoms with van der Waals surface area (Å²) in [5, 5.41) is 12.6. The average molecular weight is 240 g/mol. The van der Waals surface area contributed by atoms with Gasteiger partial charge in [-0.25, -0.2) is 0 Å². The molecule has 2 rings (SSSR count). The largest absolute Gasteiger partial charge is 0.393 e. The highest BCUT2D eigenvalue weighted by Gasteiger charge is 2.40. The molecule has 0 spiro atoms. The van der Waals surface area contributed by atoms with Gasteiger partial charge in [0.1, 0.15) is 0 Å². The first-order chi connectivity index (χ1) is 8.16. The Hall–Kier alpha value is -0.610. The Morgan fingerprint density at radius 1 is 1.24 bits per heavy atom. The molecule has 17 heavy (non-hydrogen) atoms. The summed E-state index contributed by atoms with van der Waals surface area (Å²) in [6.07, 6.45) is 7.35. The second-order valence-corrected chi connectivity index (χ2v) is 5.67. The number of rotatable bonds is 3. The number of carbonyl (C=O) groups excluding carboxylic acids is 1. The van der Waals surface area contributed by atoms with Crippen LogP contribution >= 0.6 is 0 Å². The third-order valence-electron chi connectivity index (χ3n) is 4.46. The Kier molecular flexibility index (Phi) is 4.05. The van der Waals surface area contributed by atoms with Crippen LogP contribution in [0.1, 0.15) is 51.4 Å². The van der Waals surface area contributed by atoms with E-state index in [0.717, 1.165) is 51.4 Å². The Bertz CT molecular complexity index is 267. The molecule has 2 aliphatic rings. The number of hydrogen-bond donors (Lipinski definition) is 3. The van der Waals surface area contributed by atoms with Gasteiger partial charge in [0, 0.05) is 12.6 Å². The summed E-state index contributed by atoms with van der Waals surface area (Å²) in [7, 11) is 0. The van der Waals surface area contributed by atoms with Crippen LogP contribution in [0.4, 0.5) is 0 Å². The number of amides is 1. The highest BCUT2D eigenvalue weighted by molar-refractivity contribution is 5.83. The van der Waals surface area contributed by atoms with Crippen LogP contribution in [0.25, 0.3) is 0 Å². The van der Waals surface area contributed by atoms with Crippen molar-refractivity contribution in [3.63, 3.8) is 0 Å². The Balaban J connectivity index is 1.87. The minimum Gasteiger partial charge on any atom is -0.393 e. The fourth-order valence-electron chi connectivity index (χ4n) is 3.13. The van der Waals surface area contributed by atoms with Crippen LogP contribution in [-0.4, -0.2) is 29.7 Å². The predicted octanol–water partition coefficient (Wildman–Crippen LogP) is 0.925. The van der Waals surface area contributed by atoms with Gasteiger partial charge in [-0.2, -0.15) is 0 Å². The highest BCUT2D eigenvalue weighted by Crippen LogP contribution is 2.37. The van der Waals surface area contributed by atoms with Gasteiger partial charge in [0.05, 0.1) is 11.5 Å². The van der Waals surface area contributed by atoms with Crippen molar-refractivity contribution >= 4 is 5.91 Å². The van der Waals surface area contributed by atoms with E-state index in [9.17, 15) is 9.90 Å². The van der Waals surface area contributed by atoms with Crippen molar-refractivity contribution in [1.29, 1.82) is 0 Å². The summed E-state index contributed by atoms with van der Waals surface area (Å²) in [5.74, 6) is 0.152. The summed E-state index contributed by atoms with van der Waals surface area (Å²) in [5.41, 5.74) is 5.50. The SMILES string of the molecule is NCC1(C(=O)NC2CCC(O)CC2)CCCC1. The van der Waals surface area contributed by atoms with E-state index in [-0.39, 0.29) is 23.5 Å². The van der Waals surface area contributed by atoms with Gasteiger partial charge in [-0.1, -0.05) is 12.8 Å². The lowest BCUT2D eigenvalue weighted by Crippen LogP contribution is -2.49. The van der Waals surface area contributed by atoms with Crippen LogP contribution in [0.5, 0.6) is 0 Å². The van der Waals surface area contributed by atoms with E-state index in [4.69, 9.17) is 5.73 Å². The van der Waals surface area contributed by atoms with Gasteiger partial charge in [0.2, 0.25) is 5.91 Å². The van der Waals surface area contributed by atoms with Crippen LogP contribution < -0.4 is 11.1 Å². The number of nitrogens with one attached hydrogen (secondary N) is 1. The van der Waals surface area contributed by atoms with E-state index in [0.29, 0.717) is 6.54 Å². The molecular formula is C13H24N2O2. The van der Waals surface area contributed by atoms with Crippen LogP contribution in [0.15, 0.2) is 0 Å². The molecule has 0 saturated heterocycles. The van der Waals surface area contributed by atoms with E-state index in [1.807, 2.05) is 0 Å². The molecule has 0 atom stereocenters. The molecule has 4 nitrogen and oxygen atoms in total. The monoisotopic (exact) mass is 240 g/mol. The number of hydrogen-bond acceptors (Lipinski definition) is 3. The molecule has 0 aliphatic heterocycles. The van der Waals surface area contributed by atoms with Crippen molar-refractivity contribution in [1.82, 2.24) is 5.32 Å².